The van der Waals surface area contributed by atoms with E-state index in [4.69, 9.17) is 16.0 Å². The molecule has 5 heteroatoms. The van der Waals surface area contributed by atoms with Gasteiger partial charge < -0.3 is 9.32 Å². The van der Waals surface area contributed by atoms with Crippen LogP contribution in [0.2, 0.25) is 5.22 Å². The Morgan fingerprint density at radius 1 is 1.44 bits per heavy atom. The molecule has 2 aromatic rings. The largest absolute Gasteiger partial charge is 0.452 e. The van der Waals surface area contributed by atoms with E-state index in [1.54, 1.807) is 19.1 Å². The minimum atomic E-state index is -0.392. The number of carbonyl (C=O) groups is 1. The summed E-state index contributed by atoms with van der Waals surface area (Å²) >= 11 is 5.77. The van der Waals surface area contributed by atoms with E-state index in [0.29, 0.717) is 12.2 Å². The van der Waals surface area contributed by atoms with Gasteiger partial charge in [0.15, 0.2) is 0 Å². The predicted octanol–water partition coefficient (Wildman–Crippen LogP) is 3.74. The lowest BCUT2D eigenvalue weighted by molar-refractivity contribution is 0.0988. The second-order valence-electron chi connectivity index (χ2n) is 3.64. The second-order valence-corrected chi connectivity index (χ2v) is 3.98. The van der Waals surface area contributed by atoms with Crippen LogP contribution in [-0.2, 0) is 0 Å². The monoisotopic (exact) mass is 267 g/mol. The van der Waals surface area contributed by atoms with Gasteiger partial charge in [0.25, 0.3) is 5.91 Å². The van der Waals surface area contributed by atoms with E-state index in [1.807, 2.05) is 0 Å². The topological polar surface area (TPSA) is 33.5 Å². The Morgan fingerprint density at radius 2 is 2.22 bits per heavy atom. The first kappa shape index (κ1) is 12.6. The molecule has 0 fully saturated rings. The van der Waals surface area contributed by atoms with Crippen molar-refractivity contribution in [2.75, 3.05) is 11.4 Å². The summed E-state index contributed by atoms with van der Waals surface area (Å²) in [6.07, 6.45) is 1.34. The summed E-state index contributed by atoms with van der Waals surface area (Å²) in [6, 6.07) is 7.34. The van der Waals surface area contributed by atoms with Crippen LogP contribution in [0.25, 0.3) is 0 Å². The van der Waals surface area contributed by atoms with Crippen LogP contribution >= 0.6 is 11.6 Å². The summed E-state index contributed by atoms with van der Waals surface area (Å²) in [5.41, 5.74) is 0.752. The van der Waals surface area contributed by atoms with Gasteiger partial charge in [0.2, 0.25) is 5.22 Å². The third-order valence-corrected chi connectivity index (χ3v) is 2.82. The average molecular weight is 268 g/mol. The van der Waals surface area contributed by atoms with Crippen LogP contribution in [0.5, 0.6) is 0 Å². The first-order chi connectivity index (χ1) is 8.63. The molecule has 0 saturated heterocycles. The van der Waals surface area contributed by atoms with Crippen molar-refractivity contribution in [3.63, 3.8) is 0 Å². The Morgan fingerprint density at radius 3 is 2.78 bits per heavy atom. The van der Waals surface area contributed by atoms with Crippen LogP contribution in [0.15, 0.2) is 41.0 Å². The van der Waals surface area contributed by atoms with Gasteiger partial charge in [-0.15, -0.1) is 0 Å². The molecular weight excluding hydrogens is 257 g/mol. The quantitative estimate of drug-likeness (QED) is 0.849. The maximum Gasteiger partial charge on any atom is 0.263 e. The molecule has 0 aliphatic rings. The van der Waals surface area contributed by atoms with Gasteiger partial charge in [0, 0.05) is 12.2 Å². The van der Waals surface area contributed by atoms with E-state index < -0.39 is 5.82 Å². The first-order valence-corrected chi connectivity index (χ1v) is 5.81. The van der Waals surface area contributed by atoms with Crippen molar-refractivity contribution in [1.82, 2.24) is 0 Å². The van der Waals surface area contributed by atoms with Gasteiger partial charge >= 0.3 is 0 Å². The molecule has 0 spiro atoms. The van der Waals surface area contributed by atoms with Crippen molar-refractivity contribution in [2.24, 2.45) is 0 Å². The van der Waals surface area contributed by atoms with Crippen LogP contribution in [0.3, 0.4) is 0 Å². The minimum absolute atomic E-state index is 0.0369. The van der Waals surface area contributed by atoms with Crippen LogP contribution in [0, 0.1) is 5.82 Å². The number of halogens is 2. The van der Waals surface area contributed by atoms with Crippen molar-refractivity contribution in [2.45, 2.75) is 6.92 Å². The van der Waals surface area contributed by atoms with Crippen LogP contribution < -0.4 is 4.90 Å². The number of carbonyl (C=O) groups excluding carboxylic acids is 1. The first-order valence-electron chi connectivity index (χ1n) is 5.44. The molecule has 0 atom stereocenters. The van der Waals surface area contributed by atoms with Crippen molar-refractivity contribution >= 4 is 23.2 Å². The molecular formula is C13H11ClFNO2. The number of hydrogen-bond acceptors (Lipinski definition) is 2. The normalized spacial score (nSPS) is 10.4. The molecule has 1 amide bonds. The van der Waals surface area contributed by atoms with Crippen LogP contribution in [0.4, 0.5) is 10.1 Å². The van der Waals surface area contributed by atoms with E-state index in [-0.39, 0.29) is 16.7 Å². The second kappa shape index (κ2) is 5.23. The fourth-order valence-corrected chi connectivity index (χ4v) is 1.87. The smallest absolute Gasteiger partial charge is 0.263 e. The number of nitrogens with zero attached hydrogens (tertiary/aromatic N) is 1. The maximum atomic E-state index is 13.2. The predicted molar refractivity (Wildman–Crippen MR) is 67.5 cm³/mol. The molecule has 0 N–H and O–H groups in total. The highest BCUT2D eigenvalue weighted by Gasteiger charge is 2.20. The Kier molecular flexibility index (Phi) is 3.67. The molecule has 0 radical (unpaired) electrons. The van der Waals surface area contributed by atoms with Gasteiger partial charge in [0.1, 0.15) is 5.82 Å². The zero-order valence-corrected chi connectivity index (χ0v) is 10.4. The molecule has 1 heterocycles. The van der Waals surface area contributed by atoms with Crippen molar-refractivity contribution in [1.29, 1.82) is 0 Å². The zero-order chi connectivity index (χ0) is 13.1. The number of furan rings is 1. The van der Waals surface area contributed by atoms with Gasteiger partial charge in [-0.3, -0.25) is 4.79 Å². The Bertz CT molecular complexity index is 568. The summed E-state index contributed by atoms with van der Waals surface area (Å²) in [5, 5.41) is 0.0369. The van der Waals surface area contributed by atoms with Crippen LogP contribution in [0.1, 0.15) is 17.3 Å². The number of anilines is 1. The van der Waals surface area contributed by atoms with E-state index >= 15 is 0 Å². The third-order valence-electron chi connectivity index (χ3n) is 2.53. The fourth-order valence-electron chi connectivity index (χ4n) is 1.68. The number of hydrogen-bond donors (Lipinski definition) is 0. The number of amides is 1. The van der Waals surface area contributed by atoms with Gasteiger partial charge in [-0.05, 0) is 42.8 Å². The molecule has 1 aromatic heterocycles. The summed E-state index contributed by atoms with van der Waals surface area (Å²) in [6.45, 7) is 2.21. The van der Waals surface area contributed by atoms with E-state index in [0.717, 1.165) is 0 Å². The van der Waals surface area contributed by atoms with Gasteiger partial charge in [0.05, 0.1) is 11.8 Å². The van der Waals surface area contributed by atoms with Crippen molar-refractivity contribution in [3.05, 3.63) is 53.2 Å². The van der Waals surface area contributed by atoms with Gasteiger partial charge in [-0.2, -0.15) is 0 Å². The molecule has 0 saturated carbocycles. The summed E-state index contributed by atoms with van der Waals surface area (Å²) in [7, 11) is 0. The highest BCUT2D eigenvalue weighted by molar-refractivity contribution is 6.32. The molecule has 0 unspecified atom stereocenters. The molecule has 0 aliphatic carbocycles. The molecule has 0 bridgehead atoms. The summed E-state index contributed by atoms with van der Waals surface area (Å²) < 4.78 is 18.1. The van der Waals surface area contributed by atoms with Gasteiger partial charge in [-0.1, -0.05) is 6.07 Å². The third kappa shape index (κ3) is 2.38. The number of rotatable bonds is 3. The lowest BCUT2D eigenvalue weighted by Crippen LogP contribution is -2.30. The fraction of sp³-hybridized carbons (Fsp3) is 0.154. The Hall–Kier alpha value is -1.81. The maximum absolute atomic E-state index is 13.2. The van der Waals surface area contributed by atoms with Crippen LogP contribution in [-0.4, -0.2) is 12.5 Å². The summed E-state index contributed by atoms with van der Waals surface area (Å²) in [4.78, 5) is 13.7. The molecule has 2 rings (SSSR count). The lowest BCUT2D eigenvalue weighted by Gasteiger charge is -2.20. The minimum Gasteiger partial charge on any atom is -0.452 e. The molecule has 0 aliphatic heterocycles. The Balaban J connectivity index is 2.35. The average Bonchev–Trinajstić information content (AvgIpc) is 2.76. The molecule has 3 nitrogen and oxygen atoms in total. The van der Waals surface area contributed by atoms with Crippen molar-refractivity contribution in [3.8, 4) is 0 Å². The lowest BCUT2D eigenvalue weighted by atomic mass is 10.2. The standard InChI is InChI=1S/C13H11ClFNO2/c1-2-16(10-5-3-4-9(15)8-10)13(17)11-6-7-18-12(11)14/h3-8H,2H2,1H3. The van der Waals surface area contributed by atoms with E-state index in [1.165, 1.54) is 29.4 Å². The molecule has 1 aromatic carbocycles. The summed E-state index contributed by atoms with van der Waals surface area (Å²) in [5.74, 6) is -0.709. The van der Waals surface area contributed by atoms with E-state index in [9.17, 15) is 9.18 Å². The van der Waals surface area contributed by atoms with Crippen molar-refractivity contribution < 1.29 is 13.6 Å². The zero-order valence-electron chi connectivity index (χ0n) is 9.69. The Labute approximate surface area is 109 Å². The molecule has 94 valence electrons. The van der Waals surface area contributed by atoms with E-state index in [2.05, 4.69) is 0 Å². The molecule has 18 heavy (non-hydrogen) atoms. The number of benzene rings is 1. The van der Waals surface area contributed by atoms with Gasteiger partial charge in [-0.25, -0.2) is 4.39 Å². The highest BCUT2D eigenvalue weighted by atomic mass is 35.5. The SMILES string of the molecule is CCN(C(=O)c1ccoc1Cl)c1cccc(F)c1. The highest BCUT2D eigenvalue weighted by Crippen LogP contribution is 2.23.